The summed E-state index contributed by atoms with van der Waals surface area (Å²) in [4.78, 5) is 21.9. The van der Waals surface area contributed by atoms with Gasteiger partial charge in [0.2, 0.25) is 5.91 Å². The Labute approximate surface area is 144 Å². The Hall–Kier alpha value is -1.44. The SMILES string of the molecule is O=C(CSCc1ccccn1)Nc1ncc(C2CCNCC2)s1. The molecule has 122 valence electrons. The van der Waals surface area contributed by atoms with Gasteiger partial charge in [-0.05, 0) is 44.0 Å². The minimum absolute atomic E-state index is 0.00265. The molecule has 1 aliphatic heterocycles. The number of carbonyl (C=O) groups excluding carboxylic acids is 1. The fourth-order valence-corrected chi connectivity index (χ4v) is 4.27. The van der Waals surface area contributed by atoms with E-state index in [0.717, 1.165) is 37.4 Å². The number of rotatable bonds is 6. The second-order valence-electron chi connectivity index (χ2n) is 5.45. The highest BCUT2D eigenvalue weighted by Crippen LogP contribution is 2.31. The predicted octanol–water partition coefficient (Wildman–Crippen LogP) is 2.88. The number of piperidine rings is 1. The summed E-state index contributed by atoms with van der Waals surface area (Å²) >= 11 is 3.17. The number of anilines is 1. The van der Waals surface area contributed by atoms with Crippen LogP contribution in [0.4, 0.5) is 5.13 Å². The maximum atomic E-state index is 12.0. The van der Waals surface area contributed by atoms with Gasteiger partial charge < -0.3 is 10.6 Å². The molecular weight excluding hydrogens is 328 g/mol. The van der Waals surface area contributed by atoms with Gasteiger partial charge in [-0.25, -0.2) is 4.98 Å². The van der Waals surface area contributed by atoms with Crippen molar-refractivity contribution < 1.29 is 4.79 Å². The molecule has 2 aromatic rings. The molecule has 5 nitrogen and oxygen atoms in total. The molecule has 0 unspecified atom stereocenters. The Morgan fingerprint density at radius 1 is 1.35 bits per heavy atom. The van der Waals surface area contributed by atoms with Crippen molar-refractivity contribution in [2.45, 2.75) is 24.5 Å². The Balaban J connectivity index is 1.43. The molecule has 1 saturated heterocycles. The third-order valence-corrected chi connectivity index (χ3v) is 5.76. The molecule has 3 rings (SSSR count). The lowest BCUT2D eigenvalue weighted by Crippen LogP contribution is -2.26. The van der Waals surface area contributed by atoms with Gasteiger partial charge in [-0.1, -0.05) is 6.07 Å². The van der Waals surface area contributed by atoms with Gasteiger partial charge in [-0.3, -0.25) is 9.78 Å². The van der Waals surface area contributed by atoms with Crippen molar-refractivity contribution in [1.82, 2.24) is 15.3 Å². The Morgan fingerprint density at radius 2 is 2.22 bits per heavy atom. The number of hydrogen-bond donors (Lipinski definition) is 2. The summed E-state index contributed by atoms with van der Waals surface area (Å²) in [6.07, 6.45) is 5.98. The van der Waals surface area contributed by atoms with Crippen LogP contribution >= 0.6 is 23.1 Å². The van der Waals surface area contributed by atoms with Crippen LogP contribution in [0.3, 0.4) is 0 Å². The molecule has 0 aliphatic carbocycles. The highest BCUT2D eigenvalue weighted by atomic mass is 32.2. The van der Waals surface area contributed by atoms with E-state index in [9.17, 15) is 4.79 Å². The van der Waals surface area contributed by atoms with Gasteiger partial charge in [0, 0.05) is 23.0 Å². The Morgan fingerprint density at radius 3 is 3.00 bits per heavy atom. The number of hydrogen-bond acceptors (Lipinski definition) is 6. The number of nitrogens with zero attached hydrogens (tertiary/aromatic N) is 2. The summed E-state index contributed by atoms with van der Waals surface area (Å²) < 4.78 is 0. The number of thiazole rings is 1. The lowest BCUT2D eigenvalue weighted by atomic mass is 9.97. The fourth-order valence-electron chi connectivity index (χ4n) is 2.53. The first-order valence-corrected chi connectivity index (χ1v) is 9.72. The minimum atomic E-state index is -0.00265. The van der Waals surface area contributed by atoms with Crippen LogP contribution in [0.1, 0.15) is 29.3 Å². The summed E-state index contributed by atoms with van der Waals surface area (Å²) in [7, 11) is 0. The number of nitrogens with one attached hydrogen (secondary N) is 2. The summed E-state index contributed by atoms with van der Waals surface area (Å²) in [6, 6.07) is 5.82. The molecule has 2 aromatic heterocycles. The fraction of sp³-hybridized carbons (Fsp3) is 0.438. The van der Waals surface area contributed by atoms with Gasteiger partial charge >= 0.3 is 0 Å². The van der Waals surface area contributed by atoms with E-state index in [1.54, 1.807) is 29.3 Å². The second kappa shape index (κ2) is 8.42. The van der Waals surface area contributed by atoms with E-state index in [4.69, 9.17) is 0 Å². The van der Waals surface area contributed by atoms with Crippen molar-refractivity contribution in [3.63, 3.8) is 0 Å². The smallest absolute Gasteiger partial charge is 0.236 e. The van der Waals surface area contributed by atoms with Crippen LogP contribution in [-0.2, 0) is 10.5 Å². The zero-order chi connectivity index (χ0) is 15.9. The average Bonchev–Trinajstić information content (AvgIpc) is 3.05. The van der Waals surface area contributed by atoms with Gasteiger partial charge in [-0.2, -0.15) is 0 Å². The normalized spacial score (nSPS) is 15.5. The number of thioether (sulfide) groups is 1. The molecule has 0 saturated carbocycles. The predicted molar refractivity (Wildman–Crippen MR) is 96.0 cm³/mol. The first-order chi connectivity index (χ1) is 11.3. The van der Waals surface area contributed by atoms with E-state index < -0.39 is 0 Å². The van der Waals surface area contributed by atoms with Gasteiger partial charge in [-0.15, -0.1) is 23.1 Å². The van der Waals surface area contributed by atoms with E-state index in [-0.39, 0.29) is 5.91 Å². The Kier molecular flexibility index (Phi) is 6.01. The molecule has 3 heterocycles. The molecule has 1 aliphatic rings. The third-order valence-electron chi connectivity index (χ3n) is 3.72. The van der Waals surface area contributed by atoms with Crippen LogP contribution in [0.5, 0.6) is 0 Å². The van der Waals surface area contributed by atoms with Crippen molar-refractivity contribution in [2.75, 3.05) is 24.2 Å². The molecule has 23 heavy (non-hydrogen) atoms. The zero-order valence-electron chi connectivity index (χ0n) is 12.8. The molecule has 0 aromatic carbocycles. The summed E-state index contributed by atoms with van der Waals surface area (Å²) in [5, 5.41) is 6.98. The van der Waals surface area contributed by atoms with Crippen LogP contribution in [0.25, 0.3) is 0 Å². The van der Waals surface area contributed by atoms with Crippen LogP contribution < -0.4 is 10.6 Å². The van der Waals surface area contributed by atoms with Gasteiger partial charge in [0.05, 0.1) is 11.4 Å². The van der Waals surface area contributed by atoms with E-state index in [2.05, 4.69) is 20.6 Å². The van der Waals surface area contributed by atoms with Crippen molar-refractivity contribution in [1.29, 1.82) is 0 Å². The minimum Gasteiger partial charge on any atom is -0.317 e. The number of pyridine rings is 1. The first kappa shape index (κ1) is 16.4. The van der Waals surface area contributed by atoms with E-state index in [1.165, 1.54) is 4.88 Å². The van der Waals surface area contributed by atoms with Crippen molar-refractivity contribution in [3.05, 3.63) is 41.2 Å². The maximum Gasteiger partial charge on any atom is 0.236 e. The molecule has 0 radical (unpaired) electrons. The zero-order valence-corrected chi connectivity index (χ0v) is 14.5. The number of aromatic nitrogens is 2. The molecule has 2 N–H and O–H groups in total. The summed E-state index contributed by atoms with van der Waals surface area (Å²) in [5.74, 6) is 1.74. The quantitative estimate of drug-likeness (QED) is 0.840. The number of amides is 1. The molecule has 1 amide bonds. The van der Waals surface area contributed by atoms with E-state index in [1.807, 2.05) is 24.4 Å². The van der Waals surface area contributed by atoms with E-state index in [0.29, 0.717) is 16.8 Å². The molecule has 0 atom stereocenters. The standard InChI is InChI=1S/C16H20N4OS2/c21-15(11-22-10-13-3-1-2-6-18-13)20-16-19-9-14(23-16)12-4-7-17-8-5-12/h1-3,6,9,12,17H,4-5,7-8,10-11H2,(H,19,20,21). The van der Waals surface area contributed by atoms with Crippen LogP contribution in [0.2, 0.25) is 0 Å². The summed E-state index contributed by atoms with van der Waals surface area (Å²) in [5.41, 5.74) is 0.993. The topological polar surface area (TPSA) is 66.9 Å². The molecule has 0 bridgehead atoms. The molecule has 0 spiro atoms. The largest absolute Gasteiger partial charge is 0.317 e. The van der Waals surface area contributed by atoms with Crippen LogP contribution in [0, 0.1) is 0 Å². The molecular formula is C16H20N4OS2. The lowest BCUT2D eigenvalue weighted by molar-refractivity contribution is -0.113. The van der Waals surface area contributed by atoms with E-state index >= 15 is 0 Å². The highest BCUT2D eigenvalue weighted by Gasteiger charge is 2.18. The van der Waals surface area contributed by atoms with Gasteiger partial charge in [0.25, 0.3) is 0 Å². The van der Waals surface area contributed by atoms with Crippen molar-refractivity contribution in [2.24, 2.45) is 0 Å². The highest BCUT2D eigenvalue weighted by molar-refractivity contribution is 7.99. The molecule has 1 fully saturated rings. The first-order valence-electron chi connectivity index (χ1n) is 7.75. The van der Waals surface area contributed by atoms with Crippen molar-refractivity contribution >= 4 is 34.1 Å². The van der Waals surface area contributed by atoms with Crippen LogP contribution in [-0.4, -0.2) is 34.7 Å². The second-order valence-corrected chi connectivity index (χ2v) is 7.50. The average molecular weight is 348 g/mol. The third kappa shape index (κ3) is 5.02. The van der Waals surface area contributed by atoms with Gasteiger partial charge in [0.1, 0.15) is 0 Å². The van der Waals surface area contributed by atoms with Gasteiger partial charge in [0.15, 0.2) is 5.13 Å². The number of carbonyl (C=O) groups is 1. The summed E-state index contributed by atoms with van der Waals surface area (Å²) in [6.45, 7) is 2.13. The van der Waals surface area contributed by atoms with Crippen LogP contribution in [0.15, 0.2) is 30.6 Å². The maximum absolute atomic E-state index is 12.0. The lowest BCUT2D eigenvalue weighted by Gasteiger charge is -2.20. The molecule has 7 heteroatoms. The monoisotopic (exact) mass is 348 g/mol. The Bertz CT molecular complexity index is 626. The van der Waals surface area contributed by atoms with Crippen molar-refractivity contribution in [3.8, 4) is 0 Å².